The molecular weight excluding hydrogens is 278 g/mol. The van der Waals surface area contributed by atoms with Gasteiger partial charge in [-0.15, -0.1) is 0 Å². The van der Waals surface area contributed by atoms with Crippen LogP contribution in [0.1, 0.15) is 6.92 Å². The average molecular weight is 290 g/mol. The molecule has 2 heterocycles. The number of fused-ring (bicyclic) bond motifs is 1. The summed E-state index contributed by atoms with van der Waals surface area (Å²) in [7, 11) is 0. The first-order chi connectivity index (χ1) is 9.76. The Kier molecular flexibility index (Phi) is 3.39. The van der Waals surface area contributed by atoms with Gasteiger partial charge in [-0.05, 0) is 31.2 Å². The molecule has 0 amide bonds. The summed E-state index contributed by atoms with van der Waals surface area (Å²) < 4.78 is 5.78. The molecule has 0 aliphatic carbocycles. The first-order valence-electron chi connectivity index (χ1n) is 6.14. The summed E-state index contributed by atoms with van der Waals surface area (Å²) in [5, 5.41) is 11.2. The van der Waals surface area contributed by atoms with E-state index >= 15 is 0 Å². The third-order valence-corrected chi connectivity index (χ3v) is 2.89. The van der Waals surface area contributed by atoms with Crippen molar-refractivity contribution in [3.05, 3.63) is 35.5 Å². The number of H-pyrrole nitrogens is 1. The Bertz CT molecular complexity index is 725. The molecule has 102 valence electrons. The van der Waals surface area contributed by atoms with Gasteiger partial charge in [0.1, 0.15) is 11.1 Å². The summed E-state index contributed by atoms with van der Waals surface area (Å²) in [6.07, 6.45) is 1.64. The first kappa shape index (κ1) is 12.7. The summed E-state index contributed by atoms with van der Waals surface area (Å²) in [5.74, 6) is 1.59. The molecule has 6 nitrogen and oxygen atoms in total. The first-order valence-corrected chi connectivity index (χ1v) is 6.52. The molecule has 0 aliphatic rings. The number of nitrogens with one attached hydrogen (secondary N) is 2. The minimum atomic E-state index is 0.446. The molecule has 0 aliphatic heterocycles. The normalized spacial score (nSPS) is 10.7. The van der Waals surface area contributed by atoms with Crippen molar-refractivity contribution in [2.75, 3.05) is 11.9 Å². The molecule has 20 heavy (non-hydrogen) atoms. The molecule has 0 saturated carbocycles. The molecule has 2 aromatic heterocycles. The zero-order valence-corrected chi connectivity index (χ0v) is 11.5. The van der Waals surface area contributed by atoms with Crippen LogP contribution >= 0.6 is 11.6 Å². The third kappa shape index (κ3) is 2.50. The van der Waals surface area contributed by atoms with Crippen LogP contribution < -0.4 is 10.1 Å². The van der Waals surface area contributed by atoms with Gasteiger partial charge in [0.25, 0.3) is 0 Å². The van der Waals surface area contributed by atoms with E-state index in [2.05, 4.69) is 25.5 Å². The van der Waals surface area contributed by atoms with E-state index in [1.54, 1.807) is 30.5 Å². The Morgan fingerprint density at radius 2 is 2.05 bits per heavy atom. The Morgan fingerprint density at radius 1 is 1.25 bits per heavy atom. The SMILES string of the molecule is CCNc1nc(Oc2ccc(Cl)cc2)c2cn[nH]c2n1. The summed E-state index contributed by atoms with van der Waals surface area (Å²) in [4.78, 5) is 8.64. The maximum atomic E-state index is 5.85. The molecule has 0 spiro atoms. The van der Waals surface area contributed by atoms with Gasteiger partial charge >= 0.3 is 0 Å². The van der Waals surface area contributed by atoms with Crippen molar-refractivity contribution >= 4 is 28.6 Å². The fourth-order valence-corrected chi connectivity index (χ4v) is 1.86. The van der Waals surface area contributed by atoms with Crippen molar-refractivity contribution in [1.82, 2.24) is 20.2 Å². The van der Waals surface area contributed by atoms with Crippen molar-refractivity contribution in [2.24, 2.45) is 0 Å². The molecule has 0 fully saturated rings. The van der Waals surface area contributed by atoms with Crippen molar-refractivity contribution < 1.29 is 4.74 Å². The van der Waals surface area contributed by atoms with Gasteiger partial charge in [-0.1, -0.05) is 11.6 Å². The summed E-state index contributed by atoms with van der Waals surface area (Å²) in [6.45, 7) is 2.69. The van der Waals surface area contributed by atoms with Gasteiger partial charge < -0.3 is 10.1 Å². The van der Waals surface area contributed by atoms with Crippen LogP contribution in [0, 0.1) is 0 Å². The molecule has 3 rings (SSSR count). The van der Waals surface area contributed by atoms with Crippen LogP contribution in [0.3, 0.4) is 0 Å². The van der Waals surface area contributed by atoms with E-state index in [9.17, 15) is 0 Å². The smallest absolute Gasteiger partial charge is 0.235 e. The minimum absolute atomic E-state index is 0.446. The maximum absolute atomic E-state index is 5.85. The Balaban J connectivity index is 2.00. The van der Waals surface area contributed by atoms with Gasteiger partial charge in [0, 0.05) is 11.6 Å². The predicted octanol–water partition coefficient (Wildman–Crippen LogP) is 3.23. The molecule has 0 unspecified atom stereocenters. The van der Waals surface area contributed by atoms with Crippen LogP contribution in [-0.4, -0.2) is 26.7 Å². The van der Waals surface area contributed by atoms with Crippen LogP contribution in [-0.2, 0) is 0 Å². The second-order valence-corrected chi connectivity index (χ2v) is 4.51. The fraction of sp³-hybridized carbons (Fsp3) is 0.154. The number of hydrogen-bond acceptors (Lipinski definition) is 5. The van der Waals surface area contributed by atoms with E-state index in [0.717, 1.165) is 11.9 Å². The van der Waals surface area contributed by atoms with Gasteiger partial charge in [0.2, 0.25) is 11.8 Å². The highest BCUT2D eigenvalue weighted by molar-refractivity contribution is 6.30. The number of aromatic amines is 1. The average Bonchev–Trinajstić information content (AvgIpc) is 2.90. The van der Waals surface area contributed by atoms with Crippen LogP contribution in [0.5, 0.6) is 11.6 Å². The van der Waals surface area contributed by atoms with Crippen LogP contribution in [0.25, 0.3) is 11.0 Å². The van der Waals surface area contributed by atoms with Crippen LogP contribution in [0.15, 0.2) is 30.5 Å². The molecule has 0 radical (unpaired) electrons. The molecule has 2 N–H and O–H groups in total. The second kappa shape index (κ2) is 5.34. The van der Waals surface area contributed by atoms with E-state index in [0.29, 0.717) is 28.2 Å². The second-order valence-electron chi connectivity index (χ2n) is 4.07. The van der Waals surface area contributed by atoms with Gasteiger partial charge in [0.05, 0.1) is 6.20 Å². The minimum Gasteiger partial charge on any atom is -0.438 e. The van der Waals surface area contributed by atoms with Gasteiger partial charge in [-0.3, -0.25) is 5.10 Å². The van der Waals surface area contributed by atoms with Crippen molar-refractivity contribution in [3.63, 3.8) is 0 Å². The predicted molar refractivity (Wildman–Crippen MR) is 77.4 cm³/mol. The number of aromatic nitrogens is 4. The monoisotopic (exact) mass is 289 g/mol. The van der Waals surface area contributed by atoms with E-state index < -0.39 is 0 Å². The Morgan fingerprint density at radius 3 is 2.80 bits per heavy atom. The van der Waals surface area contributed by atoms with E-state index in [1.807, 2.05) is 6.92 Å². The van der Waals surface area contributed by atoms with Gasteiger partial charge in [-0.25, -0.2) is 0 Å². The number of hydrogen-bond donors (Lipinski definition) is 2. The summed E-state index contributed by atoms with van der Waals surface area (Å²) in [5.41, 5.74) is 0.625. The van der Waals surface area contributed by atoms with Crippen LogP contribution in [0.2, 0.25) is 5.02 Å². The van der Waals surface area contributed by atoms with Crippen molar-refractivity contribution in [1.29, 1.82) is 0 Å². The number of halogens is 1. The van der Waals surface area contributed by atoms with Gasteiger partial charge in [-0.2, -0.15) is 15.1 Å². The molecule has 3 aromatic rings. The lowest BCUT2D eigenvalue weighted by Crippen LogP contribution is -2.03. The topological polar surface area (TPSA) is 75.7 Å². The maximum Gasteiger partial charge on any atom is 0.235 e. The lowest BCUT2D eigenvalue weighted by atomic mass is 10.3. The summed E-state index contributed by atoms with van der Waals surface area (Å²) in [6, 6.07) is 7.08. The highest BCUT2D eigenvalue weighted by Gasteiger charge is 2.11. The van der Waals surface area contributed by atoms with E-state index in [-0.39, 0.29) is 0 Å². The number of nitrogens with zero attached hydrogens (tertiary/aromatic N) is 3. The zero-order chi connectivity index (χ0) is 13.9. The Hall–Kier alpha value is -2.34. The molecular formula is C13H12ClN5O. The van der Waals surface area contributed by atoms with Crippen molar-refractivity contribution in [2.45, 2.75) is 6.92 Å². The number of benzene rings is 1. The lowest BCUT2D eigenvalue weighted by Gasteiger charge is -2.08. The molecule has 0 bridgehead atoms. The lowest BCUT2D eigenvalue weighted by molar-refractivity contribution is 0.469. The standard InChI is InChI=1S/C13H12ClN5O/c1-2-15-13-17-11-10(7-16-19-11)12(18-13)20-9-5-3-8(14)4-6-9/h3-7H,2H2,1H3,(H2,15,16,17,18,19). The largest absolute Gasteiger partial charge is 0.438 e. The third-order valence-electron chi connectivity index (χ3n) is 2.64. The highest BCUT2D eigenvalue weighted by atomic mass is 35.5. The number of rotatable bonds is 4. The van der Waals surface area contributed by atoms with E-state index in [1.165, 1.54) is 0 Å². The van der Waals surface area contributed by atoms with Crippen LogP contribution in [0.4, 0.5) is 5.95 Å². The molecule has 7 heteroatoms. The molecule has 0 atom stereocenters. The summed E-state index contributed by atoms with van der Waals surface area (Å²) >= 11 is 5.85. The van der Waals surface area contributed by atoms with Gasteiger partial charge in [0.15, 0.2) is 5.65 Å². The Labute approximate surface area is 120 Å². The van der Waals surface area contributed by atoms with E-state index in [4.69, 9.17) is 16.3 Å². The highest BCUT2D eigenvalue weighted by Crippen LogP contribution is 2.28. The number of ether oxygens (including phenoxy) is 1. The fourth-order valence-electron chi connectivity index (χ4n) is 1.74. The van der Waals surface area contributed by atoms with Crippen molar-refractivity contribution in [3.8, 4) is 11.6 Å². The quantitative estimate of drug-likeness (QED) is 0.771. The zero-order valence-electron chi connectivity index (χ0n) is 10.7. The molecule has 1 aromatic carbocycles. The number of anilines is 1. The molecule has 0 saturated heterocycles.